The fourth-order valence-electron chi connectivity index (χ4n) is 4.78. The van der Waals surface area contributed by atoms with Gasteiger partial charge in [-0.1, -0.05) is 156 Å². The minimum Gasteiger partial charge on any atom is -0.465 e. The average Bonchev–Trinajstić information content (AvgIpc) is 2.82. The third-order valence-electron chi connectivity index (χ3n) is 7.15. The van der Waals surface area contributed by atoms with Gasteiger partial charge in [-0.15, -0.1) is 0 Å². The quantitative estimate of drug-likeness (QED) is 0.0888. The van der Waals surface area contributed by atoms with E-state index in [1.165, 1.54) is 148 Å². The number of unbranched alkanes of at least 4 members (excludes halogenated alkanes) is 19. The molecular formula is C31H62O2. The van der Waals surface area contributed by atoms with E-state index in [4.69, 9.17) is 4.74 Å². The molecule has 0 saturated heterocycles. The summed E-state index contributed by atoms with van der Waals surface area (Å²) in [6, 6.07) is 0. The van der Waals surface area contributed by atoms with Gasteiger partial charge in [-0.2, -0.15) is 0 Å². The fraction of sp³-hybridized carbons (Fsp3) is 0.968. The third-order valence-corrected chi connectivity index (χ3v) is 7.15. The third kappa shape index (κ3) is 25.9. The Morgan fingerprint density at radius 2 is 0.818 bits per heavy atom. The van der Waals surface area contributed by atoms with Gasteiger partial charge in [0.2, 0.25) is 0 Å². The molecule has 0 aromatic rings. The lowest BCUT2D eigenvalue weighted by Gasteiger charge is -2.17. The Kier molecular flexibility index (Phi) is 27.3. The van der Waals surface area contributed by atoms with Crippen molar-refractivity contribution in [3.63, 3.8) is 0 Å². The zero-order valence-corrected chi connectivity index (χ0v) is 23.3. The highest BCUT2D eigenvalue weighted by molar-refractivity contribution is 5.69. The van der Waals surface area contributed by atoms with Crippen molar-refractivity contribution in [2.24, 2.45) is 5.92 Å². The van der Waals surface area contributed by atoms with Gasteiger partial charge in [0.25, 0.3) is 0 Å². The Balaban J connectivity index is 3.74. The van der Waals surface area contributed by atoms with Crippen LogP contribution < -0.4 is 0 Å². The normalized spacial score (nSPS) is 12.2. The summed E-state index contributed by atoms with van der Waals surface area (Å²) in [7, 11) is 0. The van der Waals surface area contributed by atoms with Gasteiger partial charge in [0.05, 0.1) is 6.61 Å². The number of hydrogen-bond acceptors (Lipinski definition) is 2. The molecule has 0 spiro atoms. The molecule has 2 nitrogen and oxygen atoms in total. The van der Waals surface area contributed by atoms with Crippen molar-refractivity contribution in [3.05, 3.63) is 0 Å². The van der Waals surface area contributed by atoms with Crippen LogP contribution in [0.25, 0.3) is 0 Å². The van der Waals surface area contributed by atoms with E-state index in [1.54, 1.807) is 0 Å². The van der Waals surface area contributed by atoms with Gasteiger partial charge in [-0.25, -0.2) is 0 Å². The number of hydrogen-bond donors (Lipinski definition) is 0. The first-order valence-electron chi connectivity index (χ1n) is 15.4. The smallest absolute Gasteiger partial charge is 0.305 e. The average molecular weight is 467 g/mol. The molecule has 0 fully saturated rings. The highest BCUT2D eigenvalue weighted by Gasteiger charge is 2.12. The van der Waals surface area contributed by atoms with E-state index in [9.17, 15) is 4.79 Å². The highest BCUT2D eigenvalue weighted by Crippen LogP contribution is 2.20. The molecule has 0 heterocycles. The van der Waals surface area contributed by atoms with Crippen LogP contribution in [0.4, 0.5) is 0 Å². The Labute approximate surface area is 209 Å². The standard InChI is InChI=1S/C31H62O2/c1-4-7-10-13-15-16-17-18-19-20-22-25-28-31(32)33-29-30(26-23-12-9-6-3)27-24-21-14-11-8-5-2/h30H,4-29H2,1-3H3. The molecule has 198 valence electrons. The van der Waals surface area contributed by atoms with Crippen LogP contribution in [0.3, 0.4) is 0 Å². The van der Waals surface area contributed by atoms with E-state index in [0.29, 0.717) is 18.9 Å². The van der Waals surface area contributed by atoms with E-state index >= 15 is 0 Å². The van der Waals surface area contributed by atoms with E-state index in [1.807, 2.05) is 0 Å². The summed E-state index contributed by atoms with van der Waals surface area (Å²) in [5.74, 6) is 0.627. The predicted octanol–water partition coefficient (Wildman–Crippen LogP) is 11.0. The lowest BCUT2D eigenvalue weighted by Crippen LogP contribution is -2.14. The highest BCUT2D eigenvalue weighted by atomic mass is 16.5. The molecule has 1 unspecified atom stereocenters. The molecule has 0 N–H and O–H groups in total. The fourth-order valence-corrected chi connectivity index (χ4v) is 4.78. The minimum absolute atomic E-state index is 0.0450. The molecule has 0 amide bonds. The molecule has 0 aromatic carbocycles. The Morgan fingerprint density at radius 1 is 0.485 bits per heavy atom. The van der Waals surface area contributed by atoms with E-state index < -0.39 is 0 Å². The van der Waals surface area contributed by atoms with Crippen molar-refractivity contribution in [2.45, 2.75) is 181 Å². The predicted molar refractivity (Wildman–Crippen MR) is 147 cm³/mol. The van der Waals surface area contributed by atoms with Gasteiger partial charge in [0.15, 0.2) is 0 Å². The Bertz CT molecular complexity index is 379. The van der Waals surface area contributed by atoms with Crippen molar-refractivity contribution in [3.8, 4) is 0 Å². The van der Waals surface area contributed by atoms with Crippen molar-refractivity contribution in [1.29, 1.82) is 0 Å². The van der Waals surface area contributed by atoms with Crippen LogP contribution in [0.5, 0.6) is 0 Å². The summed E-state index contributed by atoms with van der Waals surface area (Å²) in [6.45, 7) is 7.49. The molecule has 0 aliphatic rings. The van der Waals surface area contributed by atoms with Crippen LogP contribution in [0.15, 0.2) is 0 Å². The molecule has 2 heteroatoms. The van der Waals surface area contributed by atoms with Crippen LogP contribution in [-0.4, -0.2) is 12.6 Å². The summed E-state index contributed by atoms with van der Waals surface area (Å²) in [5, 5.41) is 0. The zero-order chi connectivity index (χ0) is 24.2. The summed E-state index contributed by atoms with van der Waals surface area (Å²) >= 11 is 0. The van der Waals surface area contributed by atoms with Crippen LogP contribution in [0.1, 0.15) is 181 Å². The number of rotatable bonds is 27. The second-order valence-electron chi connectivity index (χ2n) is 10.6. The lowest BCUT2D eigenvalue weighted by molar-refractivity contribution is -0.145. The van der Waals surface area contributed by atoms with E-state index in [-0.39, 0.29) is 5.97 Å². The van der Waals surface area contributed by atoms with Gasteiger partial charge in [-0.3, -0.25) is 4.79 Å². The first-order valence-corrected chi connectivity index (χ1v) is 15.4. The number of carbonyl (C=O) groups is 1. The number of carbonyl (C=O) groups excluding carboxylic acids is 1. The van der Waals surface area contributed by atoms with E-state index in [2.05, 4.69) is 20.8 Å². The van der Waals surface area contributed by atoms with Crippen LogP contribution in [-0.2, 0) is 9.53 Å². The van der Waals surface area contributed by atoms with Crippen molar-refractivity contribution >= 4 is 5.97 Å². The molecular weight excluding hydrogens is 404 g/mol. The SMILES string of the molecule is CCCCCCCCCCCCCCC(=O)OCC(CCCCCC)CCCCCCCC. The second kappa shape index (κ2) is 27.7. The molecule has 1 atom stereocenters. The van der Waals surface area contributed by atoms with Crippen LogP contribution >= 0.6 is 0 Å². The van der Waals surface area contributed by atoms with Crippen molar-refractivity contribution in [1.82, 2.24) is 0 Å². The van der Waals surface area contributed by atoms with Gasteiger partial charge >= 0.3 is 5.97 Å². The van der Waals surface area contributed by atoms with E-state index in [0.717, 1.165) is 6.42 Å². The number of esters is 1. The van der Waals surface area contributed by atoms with Crippen molar-refractivity contribution < 1.29 is 9.53 Å². The molecule has 33 heavy (non-hydrogen) atoms. The summed E-state index contributed by atoms with van der Waals surface area (Å²) in [4.78, 5) is 12.2. The lowest BCUT2D eigenvalue weighted by atomic mass is 9.95. The monoisotopic (exact) mass is 466 g/mol. The van der Waals surface area contributed by atoms with Gasteiger partial charge in [0, 0.05) is 6.42 Å². The minimum atomic E-state index is 0.0450. The maximum atomic E-state index is 12.2. The summed E-state index contributed by atoms with van der Waals surface area (Å²) in [5.41, 5.74) is 0. The Morgan fingerprint density at radius 3 is 1.24 bits per heavy atom. The molecule has 0 saturated carbocycles. The summed E-state index contributed by atoms with van der Waals surface area (Å²) < 4.78 is 5.72. The number of ether oxygens (including phenoxy) is 1. The first kappa shape index (κ1) is 32.5. The first-order chi connectivity index (χ1) is 16.2. The van der Waals surface area contributed by atoms with Gasteiger partial charge < -0.3 is 4.74 Å². The molecule has 0 bridgehead atoms. The molecule has 0 aliphatic heterocycles. The zero-order valence-electron chi connectivity index (χ0n) is 23.3. The maximum absolute atomic E-state index is 12.2. The van der Waals surface area contributed by atoms with Gasteiger partial charge in [0.1, 0.15) is 0 Å². The molecule has 0 aliphatic carbocycles. The molecule has 0 rings (SSSR count). The second-order valence-corrected chi connectivity index (χ2v) is 10.6. The van der Waals surface area contributed by atoms with Crippen molar-refractivity contribution in [2.75, 3.05) is 6.61 Å². The summed E-state index contributed by atoms with van der Waals surface area (Å²) in [6.07, 6.45) is 32.4. The molecule has 0 radical (unpaired) electrons. The maximum Gasteiger partial charge on any atom is 0.305 e. The van der Waals surface area contributed by atoms with Crippen LogP contribution in [0.2, 0.25) is 0 Å². The largest absolute Gasteiger partial charge is 0.465 e. The molecule has 0 aromatic heterocycles. The topological polar surface area (TPSA) is 26.3 Å². The van der Waals surface area contributed by atoms with Gasteiger partial charge in [-0.05, 0) is 25.2 Å². The van der Waals surface area contributed by atoms with Crippen LogP contribution in [0, 0.1) is 5.92 Å². The Hall–Kier alpha value is -0.530.